The Morgan fingerprint density at radius 3 is 2.35 bits per heavy atom. The van der Waals surface area contributed by atoms with Gasteiger partial charge < -0.3 is 5.32 Å². The van der Waals surface area contributed by atoms with Crippen LogP contribution in [-0.4, -0.2) is 20.6 Å². The Labute approximate surface area is 160 Å². The second-order valence-corrected chi connectivity index (χ2v) is 7.84. The van der Waals surface area contributed by atoms with Crippen LogP contribution >= 0.6 is 24.0 Å². The number of nitrogens with one attached hydrogen (secondary N) is 2. The number of anilines is 1. The van der Waals surface area contributed by atoms with Crippen LogP contribution in [0.4, 0.5) is 18.9 Å². The topological polar surface area (TPSA) is 58.2 Å². The molecule has 0 saturated heterocycles. The van der Waals surface area contributed by atoms with Gasteiger partial charge >= 0.3 is 6.18 Å². The molecular weight excluding hydrogens is 412 g/mol. The first kappa shape index (κ1) is 20.8. The summed E-state index contributed by atoms with van der Waals surface area (Å²) in [6.07, 6.45) is -4.55. The first-order chi connectivity index (χ1) is 11.6. The van der Waals surface area contributed by atoms with Gasteiger partial charge in [0.25, 0.3) is 10.0 Å². The zero-order chi connectivity index (χ0) is 18.2. The van der Waals surface area contributed by atoms with Crippen molar-refractivity contribution in [1.29, 1.82) is 0 Å². The molecule has 2 aromatic carbocycles. The second-order valence-electron chi connectivity index (χ2n) is 5.72. The van der Waals surface area contributed by atoms with Crippen LogP contribution in [0.1, 0.15) is 11.1 Å². The maximum atomic E-state index is 12.8. The van der Waals surface area contributed by atoms with Crippen LogP contribution in [0.5, 0.6) is 0 Å². The van der Waals surface area contributed by atoms with Crippen molar-refractivity contribution >= 4 is 39.7 Å². The van der Waals surface area contributed by atoms with Gasteiger partial charge in [-0.1, -0.05) is 17.7 Å². The fourth-order valence-corrected chi connectivity index (χ4v) is 3.86. The zero-order valence-electron chi connectivity index (χ0n) is 13.2. The van der Waals surface area contributed by atoms with Gasteiger partial charge in [0.15, 0.2) is 0 Å². The molecule has 2 N–H and O–H groups in total. The summed E-state index contributed by atoms with van der Waals surface area (Å²) in [4.78, 5) is -0.00606. The smallest absolute Gasteiger partial charge is 0.302 e. The Bertz CT molecular complexity index is 887. The predicted molar refractivity (Wildman–Crippen MR) is 96.3 cm³/mol. The summed E-state index contributed by atoms with van der Waals surface area (Å²) in [5.41, 5.74) is 1.38. The summed E-state index contributed by atoms with van der Waals surface area (Å²) in [6, 6.07) is 8.67. The molecule has 1 atom stereocenters. The summed E-state index contributed by atoms with van der Waals surface area (Å²) in [5, 5.41) is 2.87. The van der Waals surface area contributed by atoms with E-state index < -0.39 is 22.2 Å². The number of alkyl halides is 3. The maximum absolute atomic E-state index is 12.8. The number of hydrogen-bond acceptors (Lipinski definition) is 3. The van der Waals surface area contributed by atoms with Gasteiger partial charge in [0.1, 0.15) is 6.04 Å². The number of halogens is 5. The van der Waals surface area contributed by atoms with E-state index in [-0.39, 0.29) is 30.3 Å². The number of fused-ring (bicyclic) bond motifs is 1. The van der Waals surface area contributed by atoms with Crippen molar-refractivity contribution in [2.24, 2.45) is 0 Å². The molecule has 0 amide bonds. The van der Waals surface area contributed by atoms with Crippen LogP contribution in [0.2, 0.25) is 5.02 Å². The molecule has 0 aromatic heterocycles. The minimum atomic E-state index is -4.33. The van der Waals surface area contributed by atoms with Crippen molar-refractivity contribution in [3.8, 4) is 0 Å². The quantitative estimate of drug-likeness (QED) is 0.775. The third kappa shape index (κ3) is 4.62. The molecule has 1 aliphatic heterocycles. The third-order valence-corrected chi connectivity index (χ3v) is 5.57. The average Bonchev–Trinajstić information content (AvgIpc) is 2.55. The molecule has 10 heteroatoms. The van der Waals surface area contributed by atoms with Gasteiger partial charge in [-0.2, -0.15) is 13.2 Å². The lowest BCUT2D eigenvalue weighted by atomic mass is 9.96. The van der Waals surface area contributed by atoms with Crippen LogP contribution in [0.3, 0.4) is 0 Å². The first-order valence-corrected chi connectivity index (χ1v) is 9.21. The van der Waals surface area contributed by atoms with Crippen LogP contribution in [0, 0.1) is 0 Å². The van der Waals surface area contributed by atoms with Gasteiger partial charge in [-0.05, 0) is 53.9 Å². The minimum absolute atomic E-state index is 0. The highest BCUT2D eigenvalue weighted by Gasteiger charge is 2.41. The van der Waals surface area contributed by atoms with E-state index in [2.05, 4.69) is 10.0 Å². The summed E-state index contributed by atoms with van der Waals surface area (Å²) < 4.78 is 65.7. The van der Waals surface area contributed by atoms with E-state index in [1.807, 2.05) is 0 Å². The lowest BCUT2D eigenvalue weighted by Crippen LogP contribution is -2.46. The largest absolute Gasteiger partial charge is 0.404 e. The molecule has 1 heterocycles. The van der Waals surface area contributed by atoms with E-state index in [1.54, 1.807) is 12.1 Å². The molecule has 142 valence electrons. The zero-order valence-corrected chi connectivity index (χ0v) is 15.6. The molecule has 0 fully saturated rings. The van der Waals surface area contributed by atoms with Crippen molar-refractivity contribution in [2.75, 3.05) is 4.72 Å². The number of benzene rings is 2. The highest BCUT2D eigenvalue weighted by molar-refractivity contribution is 7.92. The number of rotatable bonds is 3. The van der Waals surface area contributed by atoms with E-state index >= 15 is 0 Å². The monoisotopic (exact) mass is 426 g/mol. The highest BCUT2D eigenvalue weighted by Crippen LogP contribution is 2.29. The van der Waals surface area contributed by atoms with Gasteiger partial charge in [0.2, 0.25) is 0 Å². The van der Waals surface area contributed by atoms with Crippen molar-refractivity contribution < 1.29 is 21.6 Å². The highest BCUT2D eigenvalue weighted by atomic mass is 35.5. The molecule has 0 aliphatic carbocycles. The van der Waals surface area contributed by atoms with E-state index in [9.17, 15) is 21.6 Å². The second kappa shape index (κ2) is 7.64. The van der Waals surface area contributed by atoms with Crippen LogP contribution < -0.4 is 10.0 Å². The normalized spacial score (nSPS) is 17.2. The Kier molecular flexibility index (Phi) is 6.12. The van der Waals surface area contributed by atoms with Crippen LogP contribution in [-0.2, 0) is 23.0 Å². The van der Waals surface area contributed by atoms with Gasteiger partial charge in [0.05, 0.1) is 4.90 Å². The van der Waals surface area contributed by atoms with E-state index in [1.165, 1.54) is 30.3 Å². The summed E-state index contributed by atoms with van der Waals surface area (Å²) in [5.74, 6) is 0. The van der Waals surface area contributed by atoms with Crippen LogP contribution in [0.15, 0.2) is 47.4 Å². The van der Waals surface area contributed by atoms with E-state index in [4.69, 9.17) is 11.6 Å². The van der Waals surface area contributed by atoms with E-state index in [0.717, 1.165) is 0 Å². The molecule has 4 nitrogen and oxygen atoms in total. The number of sulfonamides is 1. The minimum Gasteiger partial charge on any atom is -0.302 e. The SMILES string of the molecule is Cl.O=S(=O)(Nc1ccc(Cl)cc1)c1ccc2c(c1)CNC(C(F)(F)F)C2. The molecule has 1 aliphatic rings. The summed E-state index contributed by atoms with van der Waals surface area (Å²) in [6.45, 7) is -0.0379. The molecule has 26 heavy (non-hydrogen) atoms. The van der Waals surface area contributed by atoms with Crippen molar-refractivity contribution in [3.05, 3.63) is 58.6 Å². The van der Waals surface area contributed by atoms with Gasteiger partial charge in [-0.15, -0.1) is 12.4 Å². The van der Waals surface area contributed by atoms with Gasteiger partial charge in [0, 0.05) is 17.3 Å². The van der Waals surface area contributed by atoms with Gasteiger partial charge in [-0.3, -0.25) is 4.72 Å². The lowest BCUT2D eigenvalue weighted by molar-refractivity contribution is -0.157. The Morgan fingerprint density at radius 1 is 1.08 bits per heavy atom. The Balaban J connectivity index is 0.00000243. The van der Waals surface area contributed by atoms with Crippen molar-refractivity contribution in [3.63, 3.8) is 0 Å². The first-order valence-electron chi connectivity index (χ1n) is 7.35. The fourth-order valence-electron chi connectivity index (χ4n) is 2.62. The number of hydrogen-bond donors (Lipinski definition) is 2. The molecule has 3 rings (SSSR count). The molecular formula is C16H15Cl2F3N2O2S. The average molecular weight is 427 g/mol. The summed E-state index contributed by atoms with van der Waals surface area (Å²) >= 11 is 5.76. The predicted octanol–water partition coefficient (Wildman–Crippen LogP) is 4.14. The van der Waals surface area contributed by atoms with Crippen molar-refractivity contribution in [1.82, 2.24) is 5.32 Å². The molecule has 2 aromatic rings. The Morgan fingerprint density at radius 2 is 1.73 bits per heavy atom. The molecule has 1 unspecified atom stereocenters. The summed E-state index contributed by atoms with van der Waals surface area (Å²) in [7, 11) is -3.84. The van der Waals surface area contributed by atoms with Crippen molar-refractivity contribution in [2.45, 2.75) is 30.1 Å². The van der Waals surface area contributed by atoms with Gasteiger partial charge in [-0.25, -0.2) is 8.42 Å². The molecule has 0 bridgehead atoms. The third-order valence-electron chi connectivity index (χ3n) is 3.94. The molecule has 0 radical (unpaired) electrons. The van der Waals surface area contributed by atoms with E-state index in [0.29, 0.717) is 21.8 Å². The maximum Gasteiger partial charge on any atom is 0.404 e. The molecule has 0 spiro atoms. The molecule has 0 saturated carbocycles. The fraction of sp³-hybridized carbons (Fsp3) is 0.250. The standard InChI is InChI=1S/C16H14ClF3N2O2S.ClH/c17-12-2-4-13(5-3-12)22-25(23,24)14-6-1-10-8-15(16(18,19)20)21-9-11(10)7-14;/h1-7,15,21-22H,8-9H2;1H. The Hall–Kier alpha value is -1.48. The van der Waals surface area contributed by atoms with Crippen LogP contribution in [0.25, 0.3) is 0 Å². The lowest BCUT2D eigenvalue weighted by Gasteiger charge is -2.28.